The molecule has 1 saturated carbocycles. The Morgan fingerprint density at radius 1 is 1.00 bits per heavy atom. The molecule has 4 rings (SSSR count). The average Bonchev–Trinajstić information content (AvgIpc) is 2.86. The molecule has 1 aliphatic carbocycles. The highest BCUT2D eigenvalue weighted by Gasteiger charge is 2.26. The number of rotatable bonds is 7. The van der Waals surface area contributed by atoms with Crippen LogP contribution in [0.4, 0.5) is 11.4 Å². The minimum atomic E-state index is 0.0321. The quantitative estimate of drug-likeness (QED) is 0.616. The number of para-hydroxylation sites is 1. The van der Waals surface area contributed by atoms with Gasteiger partial charge >= 0.3 is 0 Å². The highest BCUT2D eigenvalue weighted by atomic mass is 16.1. The summed E-state index contributed by atoms with van der Waals surface area (Å²) < 4.78 is 0. The lowest BCUT2D eigenvalue weighted by atomic mass is 9.94. The number of carbonyl (C=O) groups excluding carboxylic acids is 2. The Morgan fingerprint density at radius 2 is 1.69 bits per heavy atom. The second kappa shape index (κ2) is 10.8. The van der Waals surface area contributed by atoms with Crippen molar-refractivity contribution in [2.45, 2.75) is 57.5 Å². The Balaban J connectivity index is 1.32. The van der Waals surface area contributed by atoms with Gasteiger partial charge in [-0.05, 0) is 68.6 Å². The fraction of sp³-hybridized carbons (Fsp3) is 0.481. The van der Waals surface area contributed by atoms with Crippen LogP contribution in [-0.2, 0) is 11.3 Å². The van der Waals surface area contributed by atoms with Gasteiger partial charge in [0.15, 0.2) is 0 Å². The fourth-order valence-electron chi connectivity index (χ4n) is 5.10. The monoisotopic (exact) mass is 433 g/mol. The molecule has 1 heterocycles. The van der Waals surface area contributed by atoms with Gasteiger partial charge in [0.05, 0.1) is 0 Å². The van der Waals surface area contributed by atoms with E-state index in [9.17, 15) is 9.59 Å². The average molecular weight is 434 g/mol. The van der Waals surface area contributed by atoms with Crippen LogP contribution >= 0.6 is 0 Å². The normalized spacial score (nSPS) is 18.0. The molecule has 2 fully saturated rings. The molecule has 32 heavy (non-hydrogen) atoms. The van der Waals surface area contributed by atoms with Crippen LogP contribution in [0.1, 0.15) is 60.9 Å². The van der Waals surface area contributed by atoms with Crippen LogP contribution in [0.3, 0.4) is 0 Å². The Morgan fingerprint density at radius 3 is 2.38 bits per heavy atom. The van der Waals surface area contributed by atoms with Gasteiger partial charge in [0.25, 0.3) is 0 Å². The molecule has 170 valence electrons. The van der Waals surface area contributed by atoms with Crippen molar-refractivity contribution >= 4 is 23.6 Å². The molecule has 1 saturated heterocycles. The van der Waals surface area contributed by atoms with Gasteiger partial charge in [-0.15, -0.1) is 0 Å². The number of nitrogens with zero attached hydrogens (tertiary/aromatic N) is 2. The predicted molar refractivity (Wildman–Crippen MR) is 130 cm³/mol. The first-order valence-corrected chi connectivity index (χ1v) is 12.0. The van der Waals surface area contributed by atoms with Crippen molar-refractivity contribution in [3.63, 3.8) is 0 Å². The van der Waals surface area contributed by atoms with Gasteiger partial charge < -0.3 is 10.2 Å². The topological polar surface area (TPSA) is 52.7 Å². The van der Waals surface area contributed by atoms with E-state index in [1.165, 1.54) is 37.7 Å². The summed E-state index contributed by atoms with van der Waals surface area (Å²) in [5.41, 5.74) is 3.95. The highest BCUT2D eigenvalue weighted by Crippen LogP contribution is 2.27. The van der Waals surface area contributed by atoms with Crippen LogP contribution in [0, 0.1) is 5.92 Å². The van der Waals surface area contributed by atoms with Crippen LogP contribution < -0.4 is 10.2 Å². The molecule has 0 aromatic heterocycles. The molecule has 0 atom stereocenters. The third-order valence-electron chi connectivity index (χ3n) is 7.15. The third kappa shape index (κ3) is 5.57. The molecule has 1 aliphatic heterocycles. The summed E-state index contributed by atoms with van der Waals surface area (Å²) in [5, 5.41) is 3.24. The molecule has 1 N–H and O–H groups in total. The number of anilines is 2. The fourth-order valence-corrected chi connectivity index (χ4v) is 5.10. The highest BCUT2D eigenvalue weighted by molar-refractivity contribution is 5.93. The van der Waals surface area contributed by atoms with Gasteiger partial charge in [-0.3, -0.25) is 14.5 Å². The zero-order chi connectivity index (χ0) is 22.3. The van der Waals surface area contributed by atoms with Crippen LogP contribution in [0.25, 0.3) is 0 Å². The number of hydrogen-bond donors (Lipinski definition) is 1. The number of hydrogen-bond acceptors (Lipinski definition) is 4. The van der Waals surface area contributed by atoms with Crippen molar-refractivity contribution in [2.24, 2.45) is 5.92 Å². The summed E-state index contributed by atoms with van der Waals surface area (Å²) in [6, 6.07) is 16.6. The van der Waals surface area contributed by atoms with E-state index in [0.29, 0.717) is 11.6 Å². The Bertz CT molecular complexity index is 897. The Kier molecular flexibility index (Phi) is 7.59. The zero-order valence-electron chi connectivity index (χ0n) is 19.1. The lowest BCUT2D eigenvalue weighted by Crippen LogP contribution is -2.38. The molecular weight excluding hydrogens is 398 g/mol. The van der Waals surface area contributed by atoms with Gasteiger partial charge in [-0.25, -0.2) is 0 Å². The minimum Gasteiger partial charge on any atom is -0.371 e. The largest absolute Gasteiger partial charge is 0.371 e. The summed E-state index contributed by atoms with van der Waals surface area (Å²) in [5.74, 6) is 0.165. The maximum atomic E-state index is 13.1. The van der Waals surface area contributed by atoms with E-state index in [0.717, 1.165) is 50.1 Å². The van der Waals surface area contributed by atoms with E-state index in [4.69, 9.17) is 0 Å². The van der Waals surface area contributed by atoms with Crippen molar-refractivity contribution in [3.8, 4) is 0 Å². The van der Waals surface area contributed by atoms with Gasteiger partial charge in [-0.1, -0.05) is 37.5 Å². The van der Waals surface area contributed by atoms with Gasteiger partial charge in [0.2, 0.25) is 5.91 Å². The number of carbonyl (C=O) groups is 2. The first-order chi connectivity index (χ1) is 15.6. The standard InChI is InChI=1S/C27H35N3O2/c1-29(24-8-3-2-4-9-24)19-23-7-5-6-10-26(23)28-27(32)22-15-17-30(18-16-22)25-13-11-21(20-31)12-14-25/h5-7,10-14,20,22,24H,2-4,8-9,15-19H2,1H3,(H,28,32). The summed E-state index contributed by atoms with van der Waals surface area (Å²) in [4.78, 5) is 28.7. The van der Waals surface area contributed by atoms with E-state index < -0.39 is 0 Å². The molecule has 5 heteroatoms. The first-order valence-electron chi connectivity index (χ1n) is 12.0. The molecule has 1 amide bonds. The van der Waals surface area contributed by atoms with Crippen LogP contribution in [0.15, 0.2) is 48.5 Å². The van der Waals surface area contributed by atoms with Crippen LogP contribution in [0.2, 0.25) is 0 Å². The zero-order valence-corrected chi connectivity index (χ0v) is 19.1. The second-order valence-corrected chi connectivity index (χ2v) is 9.32. The molecule has 0 bridgehead atoms. The van der Waals surface area contributed by atoms with E-state index >= 15 is 0 Å². The summed E-state index contributed by atoms with van der Waals surface area (Å²) in [6.07, 6.45) is 9.12. The summed E-state index contributed by atoms with van der Waals surface area (Å²) in [6.45, 7) is 2.57. The van der Waals surface area contributed by atoms with Crippen molar-refractivity contribution in [3.05, 3.63) is 59.7 Å². The van der Waals surface area contributed by atoms with Gasteiger partial charge in [0, 0.05) is 48.5 Å². The molecule has 0 spiro atoms. The van der Waals surface area contributed by atoms with Gasteiger partial charge in [-0.2, -0.15) is 0 Å². The van der Waals surface area contributed by atoms with Gasteiger partial charge in [0.1, 0.15) is 6.29 Å². The maximum absolute atomic E-state index is 13.1. The number of benzene rings is 2. The van der Waals surface area contributed by atoms with Crippen LogP contribution in [-0.4, -0.2) is 43.3 Å². The van der Waals surface area contributed by atoms with E-state index in [-0.39, 0.29) is 11.8 Å². The number of piperidine rings is 1. The molecular formula is C27H35N3O2. The Hall–Kier alpha value is -2.66. The molecule has 2 aliphatic rings. The minimum absolute atomic E-state index is 0.0321. The van der Waals surface area contributed by atoms with E-state index in [2.05, 4.69) is 34.3 Å². The van der Waals surface area contributed by atoms with Crippen molar-refractivity contribution in [1.29, 1.82) is 0 Å². The second-order valence-electron chi connectivity index (χ2n) is 9.32. The van der Waals surface area contributed by atoms with Crippen molar-refractivity contribution < 1.29 is 9.59 Å². The summed E-state index contributed by atoms with van der Waals surface area (Å²) >= 11 is 0. The maximum Gasteiger partial charge on any atom is 0.227 e. The predicted octanol–water partition coefficient (Wildman–Crippen LogP) is 5.12. The number of amides is 1. The molecule has 2 aromatic carbocycles. The van der Waals surface area contributed by atoms with Crippen LogP contribution in [0.5, 0.6) is 0 Å². The van der Waals surface area contributed by atoms with E-state index in [1.807, 2.05) is 36.4 Å². The Labute approximate surface area is 191 Å². The molecule has 5 nitrogen and oxygen atoms in total. The number of nitrogens with one attached hydrogen (secondary N) is 1. The first kappa shape index (κ1) is 22.5. The lowest BCUT2D eigenvalue weighted by Gasteiger charge is -2.33. The smallest absolute Gasteiger partial charge is 0.227 e. The molecule has 2 aromatic rings. The lowest BCUT2D eigenvalue weighted by molar-refractivity contribution is -0.120. The molecule has 0 radical (unpaired) electrons. The third-order valence-corrected chi connectivity index (χ3v) is 7.15. The van der Waals surface area contributed by atoms with Crippen molar-refractivity contribution in [1.82, 2.24) is 4.90 Å². The number of aldehydes is 1. The van der Waals surface area contributed by atoms with E-state index in [1.54, 1.807) is 0 Å². The SMILES string of the molecule is CN(Cc1ccccc1NC(=O)C1CCN(c2ccc(C=O)cc2)CC1)C1CCCCC1. The summed E-state index contributed by atoms with van der Waals surface area (Å²) in [7, 11) is 2.21. The molecule has 0 unspecified atom stereocenters. The van der Waals surface area contributed by atoms with Crippen molar-refractivity contribution in [2.75, 3.05) is 30.4 Å².